The average Bonchev–Trinajstić information content (AvgIpc) is 2.68. The second-order valence-corrected chi connectivity index (χ2v) is 4.23. The summed E-state index contributed by atoms with van der Waals surface area (Å²) in [6.07, 6.45) is 0.810. The van der Waals surface area contributed by atoms with E-state index in [2.05, 4.69) is 0 Å². The van der Waals surface area contributed by atoms with Crippen molar-refractivity contribution in [1.29, 1.82) is 0 Å². The van der Waals surface area contributed by atoms with Crippen molar-refractivity contribution in [3.63, 3.8) is 0 Å². The zero-order valence-electron chi connectivity index (χ0n) is 9.66. The van der Waals surface area contributed by atoms with Crippen LogP contribution >= 0.6 is 0 Å². The second-order valence-electron chi connectivity index (χ2n) is 4.23. The first kappa shape index (κ1) is 12.7. The molecule has 0 aliphatic carbocycles. The summed E-state index contributed by atoms with van der Waals surface area (Å²) in [5.74, 6) is -0.753. The van der Waals surface area contributed by atoms with Crippen LogP contribution in [0.25, 0.3) is 6.08 Å². The van der Waals surface area contributed by atoms with E-state index in [1.807, 2.05) is 0 Å². The molecule has 2 unspecified atom stereocenters. The van der Waals surface area contributed by atoms with Gasteiger partial charge in [0.05, 0.1) is 12.2 Å². The number of likely N-dealkylation sites (tertiary alicyclic amines) is 1. The third-order valence-corrected chi connectivity index (χ3v) is 2.88. The Hall–Kier alpha value is -1.72. The van der Waals surface area contributed by atoms with Crippen molar-refractivity contribution in [3.05, 3.63) is 41.7 Å². The molecule has 1 aromatic rings. The Morgan fingerprint density at radius 2 is 1.89 bits per heavy atom. The number of benzene rings is 1. The van der Waals surface area contributed by atoms with E-state index in [-0.39, 0.29) is 19.0 Å². The number of rotatable bonds is 2. The van der Waals surface area contributed by atoms with Crippen LogP contribution in [0, 0.1) is 5.82 Å². The number of aliphatic hydroxyl groups is 2. The lowest BCUT2D eigenvalue weighted by molar-refractivity contribution is -0.125. The molecule has 96 valence electrons. The fraction of sp³-hybridized carbons (Fsp3) is 0.308. The van der Waals surface area contributed by atoms with Crippen LogP contribution < -0.4 is 0 Å². The van der Waals surface area contributed by atoms with Gasteiger partial charge in [-0.2, -0.15) is 0 Å². The van der Waals surface area contributed by atoms with Gasteiger partial charge < -0.3 is 15.1 Å². The summed E-state index contributed by atoms with van der Waals surface area (Å²) in [4.78, 5) is 13.0. The minimum Gasteiger partial charge on any atom is -0.388 e. The van der Waals surface area contributed by atoms with Gasteiger partial charge in [-0.25, -0.2) is 4.39 Å². The molecular weight excluding hydrogens is 237 g/mol. The molecular formula is C13H14FNO3. The van der Waals surface area contributed by atoms with Gasteiger partial charge in [-0.1, -0.05) is 18.2 Å². The quantitative estimate of drug-likeness (QED) is 0.748. The van der Waals surface area contributed by atoms with Crippen LogP contribution in [-0.2, 0) is 4.79 Å². The largest absolute Gasteiger partial charge is 0.388 e. The topological polar surface area (TPSA) is 60.8 Å². The van der Waals surface area contributed by atoms with Crippen LogP contribution in [0.2, 0.25) is 0 Å². The molecule has 0 saturated carbocycles. The Labute approximate surface area is 104 Å². The Morgan fingerprint density at radius 3 is 2.50 bits per heavy atom. The number of hydrogen-bond acceptors (Lipinski definition) is 3. The van der Waals surface area contributed by atoms with Crippen LogP contribution in [0.5, 0.6) is 0 Å². The highest BCUT2D eigenvalue weighted by molar-refractivity contribution is 5.92. The molecule has 18 heavy (non-hydrogen) atoms. The molecule has 0 aromatic heterocycles. The Kier molecular flexibility index (Phi) is 3.74. The fourth-order valence-electron chi connectivity index (χ4n) is 1.83. The first-order valence-corrected chi connectivity index (χ1v) is 5.65. The van der Waals surface area contributed by atoms with Crippen LogP contribution in [0.1, 0.15) is 5.56 Å². The Balaban J connectivity index is 2.02. The molecule has 2 rings (SSSR count). The number of nitrogens with zero attached hydrogens (tertiary/aromatic N) is 1. The third-order valence-electron chi connectivity index (χ3n) is 2.88. The molecule has 0 radical (unpaired) electrons. The molecule has 1 aliphatic heterocycles. The molecule has 2 N–H and O–H groups in total. The fourth-order valence-corrected chi connectivity index (χ4v) is 1.83. The van der Waals surface area contributed by atoms with E-state index in [0.717, 1.165) is 0 Å². The van der Waals surface area contributed by atoms with Crippen LogP contribution in [-0.4, -0.2) is 46.3 Å². The molecule has 4 nitrogen and oxygen atoms in total. The first-order valence-electron chi connectivity index (χ1n) is 5.65. The number of aliphatic hydroxyl groups excluding tert-OH is 2. The van der Waals surface area contributed by atoms with Gasteiger partial charge in [0.2, 0.25) is 5.91 Å². The van der Waals surface area contributed by atoms with E-state index < -0.39 is 18.0 Å². The van der Waals surface area contributed by atoms with Crippen molar-refractivity contribution >= 4 is 12.0 Å². The number of carbonyl (C=O) groups is 1. The zero-order valence-corrected chi connectivity index (χ0v) is 9.66. The Bertz CT molecular complexity index is 465. The van der Waals surface area contributed by atoms with Crippen molar-refractivity contribution in [2.24, 2.45) is 0 Å². The maximum Gasteiger partial charge on any atom is 0.246 e. The van der Waals surface area contributed by atoms with E-state index in [9.17, 15) is 19.4 Å². The number of amides is 1. The van der Waals surface area contributed by atoms with Gasteiger partial charge in [0, 0.05) is 24.7 Å². The predicted molar refractivity (Wildman–Crippen MR) is 64.0 cm³/mol. The van der Waals surface area contributed by atoms with Gasteiger partial charge in [-0.05, 0) is 12.1 Å². The molecule has 1 aromatic carbocycles. The summed E-state index contributed by atoms with van der Waals surface area (Å²) in [6, 6.07) is 6.12. The maximum absolute atomic E-state index is 13.3. The number of β-amino-alcohol motifs (C(OH)–C–C–N with tert-alkyl or cyclic N) is 2. The summed E-state index contributed by atoms with van der Waals surface area (Å²) in [5, 5.41) is 18.6. The van der Waals surface area contributed by atoms with Crippen molar-refractivity contribution in [2.75, 3.05) is 13.1 Å². The zero-order chi connectivity index (χ0) is 13.1. The van der Waals surface area contributed by atoms with Crippen LogP contribution in [0.3, 0.4) is 0 Å². The van der Waals surface area contributed by atoms with Crippen molar-refractivity contribution in [2.45, 2.75) is 12.2 Å². The monoisotopic (exact) mass is 251 g/mol. The predicted octanol–water partition coefficient (Wildman–Crippen LogP) is 0.403. The molecule has 1 saturated heterocycles. The lowest BCUT2D eigenvalue weighted by Crippen LogP contribution is -2.27. The highest BCUT2D eigenvalue weighted by Crippen LogP contribution is 2.12. The highest BCUT2D eigenvalue weighted by Gasteiger charge is 2.31. The van der Waals surface area contributed by atoms with Crippen LogP contribution in [0.15, 0.2) is 30.3 Å². The van der Waals surface area contributed by atoms with Gasteiger partial charge in [-0.3, -0.25) is 4.79 Å². The lowest BCUT2D eigenvalue weighted by Gasteiger charge is -2.12. The van der Waals surface area contributed by atoms with Gasteiger partial charge in [-0.15, -0.1) is 0 Å². The van der Waals surface area contributed by atoms with Crippen molar-refractivity contribution in [1.82, 2.24) is 4.90 Å². The van der Waals surface area contributed by atoms with Crippen LogP contribution in [0.4, 0.5) is 4.39 Å². The standard InChI is InChI=1S/C13H14FNO3/c14-10-4-2-1-3-9(10)5-6-13(18)15-7-11(16)12(17)8-15/h1-6,11-12,16-17H,7-8H2/b6-5+. The van der Waals surface area contributed by atoms with Crippen molar-refractivity contribution in [3.8, 4) is 0 Å². The van der Waals surface area contributed by atoms with Crippen molar-refractivity contribution < 1.29 is 19.4 Å². The SMILES string of the molecule is O=C(/C=C/c1ccccc1F)N1CC(O)C(O)C1. The number of carbonyl (C=O) groups excluding carboxylic acids is 1. The van der Waals surface area contributed by atoms with E-state index in [4.69, 9.17) is 0 Å². The lowest BCUT2D eigenvalue weighted by atomic mass is 10.2. The molecule has 0 spiro atoms. The van der Waals surface area contributed by atoms with E-state index >= 15 is 0 Å². The molecule has 1 fully saturated rings. The minimum absolute atomic E-state index is 0.0988. The molecule has 2 atom stereocenters. The second kappa shape index (κ2) is 5.29. The normalized spacial score (nSPS) is 23.8. The minimum atomic E-state index is -0.907. The van der Waals surface area contributed by atoms with E-state index in [1.54, 1.807) is 18.2 Å². The molecule has 5 heteroatoms. The average molecular weight is 251 g/mol. The van der Waals surface area contributed by atoms with Gasteiger partial charge in [0.25, 0.3) is 0 Å². The summed E-state index contributed by atoms with van der Waals surface area (Å²) < 4.78 is 13.3. The van der Waals surface area contributed by atoms with Gasteiger partial charge in [0.15, 0.2) is 0 Å². The summed E-state index contributed by atoms with van der Waals surface area (Å²) in [7, 11) is 0. The van der Waals surface area contributed by atoms with Gasteiger partial charge in [0.1, 0.15) is 5.82 Å². The highest BCUT2D eigenvalue weighted by atomic mass is 19.1. The first-order chi connectivity index (χ1) is 8.58. The smallest absolute Gasteiger partial charge is 0.246 e. The molecule has 1 heterocycles. The number of hydrogen-bond donors (Lipinski definition) is 2. The maximum atomic E-state index is 13.3. The summed E-state index contributed by atoms with van der Waals surface area (Å²) in [5.41, 5.74) is 0.325. The van der Waals surface area contributed by atoms with E-state index in [0.29, 0.717) is 5.56 Å². The molecule has 1 amide bonds. The Morgan fingerprint density at radius 1 is 1.28 bits per heavy atom. The summed E-state index contributed by atoms with van der Waals surface area (Å²) >= 11 is 0. The van der Waals surface area contributed by atoms with Gasteiger partial charge >= 0.3 is 0 Å². The number of halogens is 1. The van der Waals surface area contributed by atoms with E-state index in [1.165, 1.54) is 23.1 Å². The molecule has 1 aliphatic rings. The molecule has 0 bridgehead atoms. The summed E-state index contributed by atoms with van der Waals surface area (Å²) in [6.45, 7) is 0.198. The third kappa shape index (κ3) is 2.75.